The monoisotopic (exact) mass is 347 g/mol. The lowest BCUT2D eigenvalue weighted by atomic mass is 9.32. The summed E-state index contributed by atoms with van der Waals surface area (Å²) in [4.78, 5) is 20.9. The molecule has 2 bridgehead atoms. The van der Waals surface area contributed by atoms with E-state index < -0.39 is 0 Å². The molecule has 0 unspecified atom stereocenters. The van der Waals surface area contributed by atoms with E-state index in [9.17, 15) is 4.79 Å². The summed E-state index contributed by atoms with van der Waals surface area (Å²) in [5.41, 5.74) is 5.83. The Kier molecular flexibility index (Phi) is 3.09. The summed E-state index contributed by atoms with van der Waals surface area (Å²) in [5, 5.41) is 0. The molecule has 3 aliphatic carbocycles. The molecule has 0 radical (unpaired) electrons. The molecule has 3 fully saturated rings. The van der Waals surface area contributed by atoms with Gasteiger partial charge in [-0.15, -0.1) is 0 Å². The predicted molar refractivity (Wildman–Crippen MR) is 97.3 cm³/mol. The minimum Gasteiger partial charge on any atom is -0.462 e. The molecule has 0 N–H and O–H groups in total. The molecular formula is C21H21N3O2. The Balaban J connectivity index is 1.45. The van der Waals surface area contributed by atoms with Gasteiger partial charge in [-0.2, -0.15) is 0 Å². The molecule has 0 aliphatic heterocycles. The van der Waals surface area contributed by atoms with Crippen molar-refractivity contribution in [3.63, 3.8) is 0 Å². The Labute approximate surface area is 152 Å². The van der Waals surface area contributed by atoms with Crippen LogP contribution in [0.2, 0.25) is 0 Å². The van der Waals surface area contributed by atoms with Gasteiger partial charge in [0, 0.05) is 17.8 Å². The van der Waals surface area contributed by atoms with E-state index >= 15 is 0 Å². The lowest BCUT2D eigenvalue weighted by Crippen LogP contribution is -2.67. The van der Waals surface area contributed by atoms with Gasteiger partial charge in [-0.3, -0.25) is 4.40 Å². The smallest absolute Gasteiger partial charge is 0.338 e. The zero-order valence-corrected chi connectivity index (χ0v) is 15.0. The van der Waals surface area contributed by atoms with Crippen molar-refractivity contribution in [2.75, 3.05) is 6.61 Å². The van der Waals surface area contributed by atoms with Crippen molar-refractivity contribution in [1.82, 2.24) is 14.4 Å². The minimum atomic E-state index is -0.233. The van der Waals surface area contributed by atoms with E-state index in [0.29, 0.717) is 12.2 Å². The summed E-state index contributed by atoms with van der Waals surface area (Å²) < 4.78 is 7.29. The van der Waals surface area contributed by atoms with Crippen molar-refractivity contribution in [3.8, 4) is 0 Å². The third-order valence-corrected chi connectivity index (χ3v) is 6.21. The first kappa shape index (κ1) is 15.6. The van der Waals surface area contributed by atoms with Gasteiger partial charge in [0.1, 0.15) is 12.0 Å². The van der Waals surface area contributed by atoms with Gasteiger partial charge in [0.2, 0.25) is 0 Å². The SMILES string of the molecule is CCOC(=O)c1ccc(C)c(C23CC(c4cnc5ccncn45)(C2)C3)c1. The summed E-state index contributed by atoms with van der Waals surface area (Å²) in [6.07, 6.45) is 8.96. The van der Waals surface area contributed by atoms with Crippen LogP contribution in [0.5, 0.6) is 0 Å². The average Bonchev–Trinajstić information content (AvgIpc) is 2.99. The number of ether oxygens (including phenoxy) is 1. The fraction of sp³-hybridized carbons (Fsp3) is 0.381. The van der Waals surface area contributed by atoms with E-state index in [0.717, 1.165) is 24.9 Å². The zero-order valence-electron chi connectivity index (χ0n) is 15.0. The lowest BCUT2D eigenvalue weighted by Gasteiger charge is -2.71. The number of hydrogen-bond donors (Lipinski definition) is 0. The molecule has 3 saturated carbocycles. The van der Waals surface area contributed by atoms with Crippen molar-refractivity contribution in [3.05, 3.63) is 65.4 Å². The third kappa shape index (κ3) is 1.94. The van der Waals surface area contributed by atoms with Crippen LogP contribution in [0, 0.1) is 6.92 Å². The molecular weight excluding hydrogens is 326 g/mol. The van der Waals surface area contributed by atoms with Gasteiger partial charge >= 0.3 is 5.97 Å². The van der Waals surface area contributed by atoms with Crippen LogP contribution in [0.15, 0.2) is 43.0 Å². The van der Waals surface area contributed by atoms with E-state index in [1.165, 1.54) is 16.8 Å². The number of nitrogens with zero attached hydrogens (tertiary/aromatic N) is 3. The van der Waals surface area contributed by atoms with Crippen molar-refractivity contribution < 1.29 is 9.53 Å². The highest BCUT2D eigenvalue weighted by atomic mass is 16.5. The molecule has 0 atom stereocenters. The molecule has 2 aromatic heterocycles. The Morgan fingerprint density at radius 2 is 2.04 bits per heavy atom. The topological polar surface area (TPSA) is 56.5 Å². The minimum absolute atomic E-state index is 0.193. The standard InChI is InChI=1S/C21H21N3O2/c1-3-26-19(25)15-5-4-14(2)16(8-15)20-10-21(11-20,12-20)17-9-23-18-6-7-22-13-24(17)18/h4-9,13H,3,10-12H2,1-2H3. The largest absolute Gasteiger partial charge is 0.462 e. The fourth-order valence-electron chi connectivity index (χ4n) is 5.11. The number of rotatable bonds is 4. The number of carbonyl (C=O) groups is 1. The van der Waals surface area contributed by atoms with Gasteiger partial charge in [0.05, 0.1) is 17.9 Å². The van der Waals surface area contributed by atoms with E-state index in [1.807, 2.05) is 43.7 Å². The van der Waals surface area contributed by atoms with Crippen molar-refractivity contribution in [2.24, 2.45) is 0 Å². The predicted octanol–water partition coefficient (Wildman–Crippen LogP) is 3.59. The van der Waals surface area contributed by atoms with Crippen LogP contribution in [0.1, 0.15) is 53.4 Å². The maximum absolute atomic E-state index is 12.1. The van der Waals surface area contributed by atoms with Crippen molar-refractivity contribution >= 4 is 11.6 Å². The van der Waals surface area contributed by atoms with E-state index in [2.05, 4.69) is 21.3 Å². The van der Waals surface area contributed by atoms with E-state index in [1.54, 1.807) is 6.20 Å². The normalized spacial score (nSPS) is 26.2. The quantitative estimate of drug-likeness (QED) is 0.677. The number of carbonyl (C=O) groups excluding carboxylic acids is 1. The van der Waals surface area contributed by atoms with Crippen molar-refractivity contribution in [1.29, 1.82) is 0 Å². The second-order valence-corrected chi connectivity index (χ2v) is 7.79. The van der Waals surface area contributed by atoms with Crippen LogP contribution < -0.4 is 0 Å². The Morgan fingerprint density at radius 1 is 1.23 bits per heavy atom. The van der Waals surface area contributed by atoms with Crippen LogP contribution in [0.4, 0.5) is 0 Å². The zero-order chi connectivity index (χ0) is 17.9. The molecule has 5 heteroatoms. The van der Waals surface area contributed by atoms with Gasteiger partial charge in [-0.25, -0.2) is 14.8 Å². The molecule has 2 heterocycles. The first-order valence-electron chi connectivity index (χ1n) is 9.13. The lowest BCUT2D eigenvalue weighted by molar-refractivity contribution is -0.0732. The first-order chi connectivity index (χ1) is 12.6. The Morgan fingerprint density at radius 3 is 2.81 bits per heavy atom. The van der Waals surface area contributed by atoms with Crippen LogP contribution in [0.3, 0.4) is 0 Å². The average molecular weight is 347 g/mol. The number of esters is 1. The number of fused-ring (bicyclic) bond motifs is 1. The number of benzene rings is 1. The third-order valence-electron chi connectivity index (χ3n) is 6.21. The maximum atomic E-state index is 12.1. The van der Waals surface area contributed by atoms with Crippen molar-refractivity contribution in [2.45, 2.75) is 43.9 Å². The summed E-state index contributed by atoms with van der Waals surface area (Å²) in [6, 6.07) is 7.91. The Hall–Kier alpha value is -2.69. The van der Waals surface area contributed by atoms with Crippen LogP contribution >= 0.6 is 0 Å². The maximum Gasteiger partial charge on any atom is 0.338 e. The molecule has 0 spiro atoms. The molecule has 1 aromatic carbocycles. The molecule has 6 rings (SSSR count). The molecule has 0 saturated heterocycles. The van der Waals surface area contributed by atoms with Crippen LogP contribution in [-0.4, -0.2) is 26.9 Å². The number of aromatic nitrogens is 3. The molecule has 26 heavy (non-hydrogen) atoms. The molecule has 3 aromatic rings. The molecule has 3 aliphatic rings. The molecule has 132 valence electrons. The van der Waals surface area contributed by atoms with Gasteiger partial charge in [-0.1, -0.05) is 6.07 Å². The fourth-order valence-corrected chi connectivity index (χ4v) is 5.11. The summed E-state index contributed by atoms with van der Waals surface area (Å²) in [5.74, 6) is -0.233. The van der Waals surface area contributed by atoms with E-state index in [4.69, 9.17) is 4.74 Å². The van der Waals surface area contributed by atoms with Gasteiger partial charge in [0.25, 0.3) is 0 Å². The van der Waals surface area contributed by atoms with E-state index in [-0.39, 0.29) is 16.8 Å². The first-order valence-corrected chi connectivity index (χ1v) is 9.13. The van der Waals surface area contributed by atoms with Gasteiger partial charge < -0.3 is 4.74 Å². The second-order valence-electron chi connectivity index (χ2n) is 7.79. The van der Waals surface area contributed by atoms with Gasteiger partial charge in [-0.05, 0) is 67.9 Å². The summed E-state index contributed by atoms with van der Waals surface area (Å²) >= 11 is 0. The number of hydrogen-bond acceptors (Lipinski definition) is 4. The highest BCUT2D eigenvalue weighted by Crippen LogP contribution is 2.74. The van der Waals surface area contributed by atoms with Crippen LogP contribution in [-0.2, 0) is 15.6 Å². The van der Waals surface area contributed by atoms with Crippen LogP contribution in [0.25, 0.3) is 5.65 Å². The summed E-state index contributed by atoms with van der Waals surface area (Å²) in [6.45, 7) is 4.37. The summed E-state index contributed by atoms with van der Waals surface area (Å²) in [7, 11) is 0. The number of aryl methyl sites for hydroxylation is 1. The molecule has 5 nitrogen and oxygen atoms in total. The molecule has 0 amide bonds. The second kappa shape index (κ2) is 5.16. The number of imidazole rings is 1. The van der Waals surface area contributed by atoms with Gasteiger partial charge in [0.15, 0.2) is 0 Å². The highest BCUT2D eigenvalue weighted by molar-refractivity contribution is 5.90. The highest BCUT2D eigenvalue weighted by Gasteiger charge is 2.70. The Bertz CT molecular complexity index is 1020.